The van der Waals surface area contributed by atoms with E-state index >= 15 is 0 Å². The number of carbonyl (C=O) groups excluding carboxylic acids is 1. The van der Waals surface area contributed by atoms with Crippen molar-refractivity contribution in [2.75, 3.05) is 27.9 Å². The highest BCUT2D eigenvalue weighted by Gasteiger charge is 2.19. The second-order valence-corrected chi connectivity index (χ2v) is 4.49. The van der Waals surface area contributed by atoms with E-state index < -0.39 is 0 Å². The number of hydrogen-bond donors (Lipinski definition) is 0. The predicted molar refractivity (Wildman–Crippen MR) is 81.7 cm³/mol. The third kappa shape index (κ3) is 3.53. The molecule has 0 unspecified atom stereocenters. The highest BCUT2D eigenvalue weighted by Crippen LogP contribution is 2.43. The molecule has 0 aliphatic heterocycles. The quantitative estimate of drug-likeness (QED) is 0.715. The maximum atomic E-state index is 11.5. The summed E-state index contributed by atoms with van der Waals surface area (Å²) in [6, 6.07) is 3.54. The minimum Gasteiger partial charge on any atom is -0.493 e. The Morgan fingerprint density at radius 1 is 1.13 bits per heavy atom. The lowest BCUT2D eigenvalue weighted by Gasteiger charge is -2.14. The van der Waals surface area contributed by atoms with Crippen molar-refractivity contribution in [1.82, 2.24) is 15.0 Å². The van der Waals surface area contributed by atoms with E-state index in [0.717, 1.165) is 0 Å². The van der Waals surface area contributed by atoms with Gasteiger partial charge in [0.15, 0.2) is 11.5 Å². The number of aromatic nitrogens is 3. The summed E-state index contributed by atoms with van der Waals surface area (Å²) in [5, 5.41) is 7.99. The summed E-state index contributed by atoms with van der Waals surface area (Å²) in [6.45, 7) is 2.07. The van der Waals surface area contributed by atoms with Crippen LogP contribution >= 0.6 is 0 Å². The molecule has 0 fully saturated rings. The largest absolute Gasteiger partial charge is 0.493 e. The van der Waals surface area contributed by atoms with Gasteiger partial charge in [-0.15, -0.1) is 5.10 Å². The zero-order chi connectivity index (χ0) is 16.8. The Labute approximate surface area is 133 Å². The Balaban J connectivity index is 2.35. The average Bonchev–Trinajstić information content (AvgIpc) is 3.01. The van der Waals surface area contributed by atoms with Gasteiger partial charge in [-0.2, -0.15) is 0 Å². The van der Waals surface area contributed by atoms with Crippen molar-refractivity contribution < 1.29 is 23.7 Å². The van der Waals surface area contributed by atoms with Crippen LogP contribution in [0.2, 0.25) is 0 Å². The number of esters is 1. The molecule has 2 aromatic rings. The third-order valence-electron chi connectivity index (χ3n) is 3.12. The molecule has 0 spiro atoms. The van der Waals surface area contributed by atoms with Crippen LogP contribution in [0, 0.1) is 0 Å². The number of benzene rings is 1. The van der Waals surface area contributed by atoms with Crippen molar-refractivity contribution in [2.45, 2.75) is 13.5 Å². The monoisotopic (exact) mass is 321 g/mol. The van der Waals surface area contributed by atoms with E-state index in [0.29, 0.717) is 35.1 Å². The van der Waals surface area contributed by atoms with Crippen LogP contribution in [-0.4, -0.2) is 48.9 Å². The van der Waals surface area contributed by atoms with Crippen LogP contribution in [0.15, 0.2) is 18.3 Å². The van der Waals surface area contributed by atoms with Crippen LogP contribution in [0.25, 0.3) is 11.3 Å². The van der Waals surface area contributed by atoms with Gasteiger partial charge in [-0.1, -0.05) is 5.21 Å². The molecule has 8 heteroatoms. The Kier molecular flexibility index (Phi) is 5.40. The molecule has 8 nitrogen and oxygen atoms in total. The van der Waals surface area contributed by atoms with Crippen molar-refractivity contribution >= 4 is 5.97 Å². The summed E-state index contributed by atoms with van der Waals surface area (Å²) in [4.78, 5) is 11.5. The molecule has 0 N–H and O–H groups in total. The number of hydrogen-bond acceptors (Lipinski definition) is 7. The molecule has 0 bridgehead atoms. The lowest BCUT2D eigenvalue weighted by Crippen LogP contribution is -2.13. The van der Waals surface area contributed by atoms with E-state index in [9.17, 15) is 4.79 Å². The van der Waals surface area contributed by atoms with E-state index in [1.807, 2.05) is 0 Å². The molecule has 1 heterocycles. The van der Waals surface area contributed by atoms with Gasteiger partial charge < -0.3 is 18.9 Å². The van der Waals surface area contributed by atoms with Crippen LogP contribution in [0.3, 0.4) is 0 Å². The van der Waals surface area contributed by atoms with Gasteiger partial charge in [0.2, 0.25) is 5.75 Å². The van der Waals surface area contributed by atoms with Gasteiger partial charge in [0, 0.05) is 5.56 Å². The minimum absolute atomic E-state index is 0.00353. The van der Waals surface area contributed by atoms with E-state index in [4.69, 9.17) is 18.9 Å². The zero-order valence-corrected chi connectivity index (χ0v) is 13.5. The van der Waals surface area contributed by atoms with E-state index in [1.165, 1.54) is 18.9 Å². The molecule has 1 aromatic carbocycles. The maximum absolute atomic E-state index is 11.5. The normalized spacial score (nSPS) is 10.3. The number of ether oxygens (including phenoxy) is 4. The maximum Gasteiger partial charge on any atom is 0.327 e. The highest BCUT2D eigenvalue weighted by atomic mass is 16.5. The second kappa shape index (κ2) is 7.48. The first kappa shape index (κ1) is 16.6. The smallest absolute Gasteiger partial charge is 0.327 e. The first-order chi connectivity index (χ1) is 11.1. The van der Waals surface area contributed by atoms with Gasteiger partial charge in [-0.3, -0.25) is 4.79 Å². The highest BCUT2D eigenvalue weighted by molar-refractivity contribution is 5.74. The molecule has 124 valence electrons. The zero-order valence-electron chi connectivity index (χ0n) is 13.5. The average molecular weight is 321 g/mol. The molecular weight excluding hydrogens is 302 g/mol. The molecule has 0 atom stereocenters. The second-order valence-electron chi connectivity index (χ2n) is 4.49. The Hall–Kier alpha value is -2.77. The molecule has 0 saturated heterocycles. The minimum atomic E-state index is -0.372. The molecular formula is C15H19N3O5. The van der Waals surface area contributed by atoms with Crippen molar-refractivity contribution in [2.24, 2.45) is 0 Å². The summed E-state index contributed by atoms with van der Waals surface area (Å²) in [7, 11) is 4.61. The molecule has 1 aromatic heterocycles. The lowest BCUT2D eigenvalue weighted by molar-refractivity contribution is -0.144. The van der Waals surface area contributed by atoms with Crippen LogP contribution < -0.4 is 14.2 Å². The predicted octanol–water partition coefficient (Wildman–Crippen LogP) is 1.53. The number of carbonyl (C=O) groups is 1. The summed E-state index contributed by atoms with van der Waals surface area (Å²) in [5.74, 6) is 1.12. The Morgan fingerprint density at radius 3 is 2.48 bits per heavy atom. The molecule has 0 radical (unpaired) electrons. The molecule has 0 amide bonds. The van der Waals surface area contributed by atoms with Gasteiger partial charge in [0.05, 0.1) is 34.1 Å². The topological polar surface area (TPSA) is 84.7 Å². The van der Waals surface area contributed by atoms with Gasteiger partial charge in [0.25, 0.3) is 0 Å². The standard InChI is InChI=1S/C15H19N3O5/c1-5-23-13(19)9-18-8-11(16-17-18)10-6-7-12(20-2)15(22-4)14(10)21-3/h6-8H,5,9H2,1-4H3. The third-order valence-corrected chi connectivity index (χ3v) is 3.12. The van der Waals surface area contributed by atoms with Gasteiger partial charge >= 0.3 is 5.97 Å². The van der Waals surface area contributed by atoms with Crippen LogP contribution in [-0.2, 0) is 16.1 Å². The SMILES string of the molecule is CCOC(=O)Cn1cc(-c2ccc(OC)c(OC)c2OC)nn1. The Morgan fingerprint density at radius 2 is 1.87 bits per heavy atom. The molecule has 23 heavy (non-hydrogen) atoms. The number of nitrogens with zero attached hydrogens (tertiary/aromatic N) is 3. The summed E-state index contributed by atoms with van der Waals surface area (Å²) in [6.07, 6.45) is 1.64. The van der Waals surface area contributed by atoms with Crippen molar-refractivity contribution in [1.29, 1.82) is 0 Å². The van der Waals surface area contributed by atoms with Crippen LogP contribution in [0.1, 0.15) is 6.92 Å². The summed E-state index contributed by atoms with van der Waals surface area (Å²) < 4.78 is 22.3. The lowest BCUT2D eigenvalue weighted by atomic mass is 10.1. The molecule has 0 aliphatic carbocycles. The van der Waals surface area contributed by atoms with E-state index in [-0.39, 0.29) is 12.5 Å². The number of rotatable bonds is 7. The fourth-order valence-corrected chi connectivity index (χ4v) is 2.14. The first-order valence-corrected chi connectivity index (χ1v) is 6.99. The summed E-state index contributed by atoms with van der Waals surface area (Å²) >= 11 is 0. The van der Waals surface area contributed by atoms with Crippen molar-refractivity contribution in [3.05, 3.63) is 18.3 Å². The fraction of sp³-hybridized carbons (Fsp3) is 0.400. The van der Waals surface area contributed by atoms with Crippen molar-refractivity contribution in [3.8, 4) is 28.5 Å². The molecule has 0 saturated carbocycles. The van der Waals surface area contributed by atoms with E-state index in [2.05, 4.69) is 10.3 Å². The fourth-order valence-electron chi connectivity index (χ4n) is 2.14. The molecule has 0 aliphatic rings. The van der Waals surface area contributed by atoms with Crippen LogP contribution in [0.4, 0.5) is 0 Å². The number of methoxy groups -OCH3 is 3. The van der Waals surface area contributed by atoms with Gasteiger partial charge in [-0.25, -0.2) is 4.68 Å². The van der Waals surface area contributed by atoms with Crippen LogP contribution in [0.5, 0.6) is 17.2 Å². The summed E-state index contributed by atoms with van der Waals surface area (Å²) in [5.41, 5.74) is 1.23. The van der Waals surface area contributed by atoms with E-state index in [1.54, 1.807) is 32.4 Å². The molecule has 2 rings (SSSR count). The van der Waals surface area contributed by atoms with Gasteiger partial charge in [0.1, 0.15) is 12.2 Å². The van der Waals surface area contributed by atoms with Crippen molar-refractivity contribution in [3.63, 3.8) is 0 Å². The first-order valence-electron chi connectivity index (χ1n) is 6.99. The Bertz CT molecular complexity index is 684. The van der Waals surface area contributed by atoms with Gasteiger partial charge in [-0.05, 0) is 19.1 Å².